The van der Waals surface area contributed by atoms with E-state index >= 15 is 0 Å². The zero-order valence-corrected chi connectivity index (χ0v) is 15.2. The lowest BCUT2D eigenvalue weighted by atomic mass is 10.1. The summed E-state index contributed by atoms with van der Waals surface area (Å²) in [5.74, 6) is -0.104. The molecular formula is C18H21N3O5. The topological polar surface area (TPSA) is 93.8 Å². The lowest BCUT2D eigenvalue weighted by Gasteiger charge is -2.31. The van der Waals surface area contributed by atoms with Crippen molar-refractivity contribution in [3.05, 3.63) is 35.3 Å². The number of rotatable bonds is 4. The molecule has 0 bridgehead atoms. The number of benzene rings is 1. The van der Waals surface area contributed by atoms with Gasteiger partial charge in [0, 0.05) is 11.6 Å². The molecule has 8 nitrogen and oxygen atoms in total. The number of imidazole rings is 1. The van der Waals surface area contributed by atoms with Gasteiger partial charge in [-0.05, 0) is 18.2 Å². The van der Waals surface area contributed by atoms with Gasteiger partial charge in [0.25, 0.3) is 0 Å². The number of ether oxygens (including phenoxy) is 3. The van der Waals surface area contributed by atoms with Crippen LogP contribution in [0.25, 0.3) is 11.0 Å². The van der Waals surface area contributed by atoms with Gasteiger partial charge >= 0.3 is 11.9 Å². The molecule has 0 saturated heterocycles. The Labute approximate surface area is 150 Å². The van der Waals surface area contributed by atoms with Gasteiger partial charge in [0.2, 0.25) is 0 Å². The first-order valence-corrected chi connectivity index (χ1v) is 8.21. The second-order valence-electron chi connectivity index (χ2n) is 6.19. The molecule has 1 aliphatic rings. The number of hydrogen-bond acceptors (Lipinski definition) is 7. The van der Waals surface area contributed by atoms with Crippen molar-refractivity contribution in [1.82, 2.24) is 9.97 Å². The van der Waals surface area contributed by atoms with Crippen molar-refractivity contribution in [2.45, 2.75) is 19.8 Å². The number of nitrogens with zero attached hydrogens (tertiary/aromatic N) is 2. The third-order valence-corrected chi connectivity index (χ3v) is 4.18. The van der Waals surface area contributed by atoms with Crippen molar-refractivity contribution in [1.29, 1.82) is 0 Å². The highest BCUT2D eigenvalue weighted by atomic mass is 16.5. The van der Waals surface area contributed by atoms with E-state index in [-0.39, 0.29) is 30.5 Å². The summed E-state index contributed by atoms with van der Waals surface area (Å²) in [6.07, 6.45) is 0. The highest BCUT2D eigenvalue weighted by Crippen LogP contribution is 2.29. The van der Waals surface area contributed by atoms with Crippen LogP contribution in [0.15, 0.2) is 29.5 Å². The maximum absolute atomic E-state index is 12.3. The van der Waals surface area contributed by atoms with Crippen molar-refractivity contribution in [3.63, 3.8) is 0 Å². The van der Waals surface area contributed by atoms with Gasteiger partial charge in [-0.1, -0.05) is 13.8 Å². The third-order valence-electron chi connectivity index (χ3n) is 4.18. The second-order valence-corrected chi connectivity index (χ2v) is 6.19. The number of methoxy groups -OCH3 is 2. The lowest BCUT2D eigenvalue weighted by molar-refractivity contribution is -0.140. The Morgan fingerprint density at radius 2 is 1.96 bits per heavy atom. The molecule has 0 amide bonds. The smallest absolute Gasteiger partial charge is 0.355 e. The molecule has 3 rings (SSSR count). The Hall–Kier alpha value is -2.87. The third kappa shape index (κ3) is 3.15. The summed E-state index contributed by atoms with van der Waals surface area (Å²) < 4.78 is 15.1. The number of carbonyl (C=O) groups excluding carboxylic acids is 2. The van der Waals surface area contributed by atoms with Gasteiger partial charge in [0.05, 0.1) is 37.4 Å². The molecule has 1 N–H and O–H groups in total. The normalized spacial score (nSPS) is 14.9. The Bertz CT molecular complexity index is 884. The molecular weight excluding hydrogens is 338 g/mol. The van der Waals surface area contributed by atoms with E-state index in [1.165, 1.54) is 14.2 Å². The number of nitrogens with one attached hydrogen (secondary N) is 1. The summed E-state index contributed by atoms with van der Waals surface area (Å²) in [6.45, 7) is 4.20. The van der Waals surface area contributed by atoms with Crippen LogP contribution in [0.5, 0.6) is 0 Å². The second kappa shape index (κ2) is 7.17. The largest absolute Gasteiger partial charge is 0.466 e. The van der Waals surface area contributed by atoms with Crippen LogP contribution in [0.2, 0.25) is 0 Å². The number of hydrogen-bond donors (Lipinski definition) is 1. The molecule has 0 atom stereocenters. The van der Waals surface area contributed by atoms with Crippen LogP contribution in [0.1, 0.15) is 25.6 Å². The average molecular weight is 359 g/mol. The number of esters is 2. The summed E-state index contributed by atoms with van der Waals surface area (Å²) in [5, 5.41) is 0. The van der Waals surface area contributed by atoms with E-state index < -0.39 is 11.9 Å². The maximum atomic E-state index is 12.3. The fourth-order valence-corrected chi connectivity index (χ4v) is 2.81. The summed E-state index contributed by atoms with van der Waals surface area (Å²) in [5.41, 5.74) is 2.58. The van der Waals surface area contributed by atoms with Gasteiger partial charge in [-0.2, -0.15) is 0 Å². The number of anilines is 1. The van der Waals surface area contributed by atoms with Gasteiger partial charge in [-0.15, -0.1) is 0 Å². The predicted molar refractivity (Wildman–Crippen MR) is 94.5 cm³/mol. The highest BCUT2D eigenvalue weighted by Gasteiger charge is 2.32. The van der Waals surface area contributed by atoms with E-state index in [0.29, 0.717) is 5.69 Å². The Morgan fingerprint density at radius 3 is 2.62 bits per heavy atom. The molecule has 2 aromatic rings. The standard InChI is InChI=1S/C18H21N3O5/c1-10(2)16-19-13-6-5-11(7-14(13)20-16)21-9-26-8-12(17(22)24-3)15(21)18(23)25-4/h5-7,10H,8-9H2,1-4H3,(H,19,20). The first kappa shape index (κ1) is 17.9. The van der Waals surface area contributed by atoms with Crippen molar-refractivity contribution in [2.24, 2.45) is 0 Å². The molecule has 26 heavy (non-hydrogen) atoms. The van der Waals surface area contributed by atoms with Crippen LogP contribution in [0.3, 0.4) is 0 Å². The minimum absolute atomic E-state index is 0.0165. The van der Waals surface area contributed by atoms with Gasteiger partial charge in [-0.25, -0.2) is 14.6 Å². The number of aromatic amines is 1. The van der Waals surface area contributed by atoms with Gasteiger partial charge in [0.15, 0.2) is 0 Å². The van der Waals surface area contributed by atoms with Gasteiger partial charge in [-0.3, -0.25) is 0 Å². The van der Waals surface area contributed by atoms with Crippen LogP contribution in [0.4, 0.5) is 5.69 Å². The van der Waals surface area contributed by atoms with Crippen molar-refractivity contribution in [2.75, 3.05) is 32.5 Å². The Balaban J connectivity index is 2.09. The molecule has 138 valence electrons. The molecule has 1 aromatic carbocycles. The summed E-state index contributed by atoms with van der Waals surface area (Å²) >= 11 is 0. The van der Waals surface area contributed by atoms with E-state index in [4.69, 9.17) is 14.2 Å². The summed E-state index contributed by atoms with van der Waals surface area (Å²) in [7, 11) is 2.53. The number of fused-ring (bicyclic) bond motifs is 1. The molecule has 2 heterocycles. The first-order chi connectivity index (χ1) is 12.5. The van der Waals surface area contributed by atoms with Crippen molar-refractivity contribution in [3.8, 4) is 0 Å². The lowest BCUT2D eigenvalue weighted by Crippen LogP contribution is -2.38. The minimum atomic E-state index is -0.625. The quantitative estimate of drug-likeness (QED) is 0.835. The average Bonchev–Trinajstić information content (AvgIpc) is 3.09. The summed E-state index contributed by atoms with van der Waals surface area (Å²) in [6, 6.07) is 5.54. The zero-order chi connectivity index (χ0) is 18.8. The fourth-order valence-electron chi connectivity index (χ4n) is 2.81. The molecule has 0 radical (unpaired) electrons. The van der Waals surface area contributed by atoms with Crippen LogP contribution in [-0.4, -0.2) is 49.5 Å². The van der Waals surface area contributed by atoms with E-state index in [1.807, 2.05) is 18.2 Å². The minimum Gasteiger partial charge on any atom is -0.466 e. The molecule has 0 spiro atoms. The summed E-state index contributed by atoms with van der Waals surface area (Å²) in [4.78, 5) is 33.8. The van der Waals surface area contributed by atoms with E-state index in [1.54, 1.807) is 4.90 Å². The monoisotopic (exact) mass is 359 g/mol. The molecule has 1 aliphatic heterocycles. The molecule has 0 saturated carbocycles. The first-order valence-electron chi connectivity index (χ1n) is 8.21. The molecule has 0 unspecified atom stereocenters. The fraction of sp³-hybridized carbons (Fsp3) is 0.389. The number of aromatic nitrogens is 2. The highest BCUT2D eigenvalue weighted by molar-refractivity contribution is 6.03. The van der Waals surface area contributed by atoms with Crippen LogP contribution in [0, 0.1) is 0 Å². The van der Waals surface area contributed by atoms with E-state index in [9.17, 15) is 9.59 Å². The van der Waals surface area contributed by atoms with Crippen LogP contribution in [-0.2, 0) is 23.8 Å². The molecule has 8 heteroatoms. The zero-order valence-electron chi connectivity index (χ0n) is 15.2. The van der Waals surface area contributed by atoms with Gasteiger partial charge in [0.1, 0.15) is 18.3 Å². The Kier molecular flexibility index (Phi) is 4.94. The predicted octanol–water partition coefficient (Wildman–Crippen LogP) is 2.08. The Morgan fingerprint density at radius 1 is 1.23 bits per heavy atom. The van der Waals surface area contributed by atoms with Crippen LogP contribution < -0.4 is 4.90 Å². The van der Waals surface area contributed by atoms with Crippen molar-refractivity contribution >= 4 is 28.7 Å². The molecule has 0 aliphatic carbocycles. The van der Waals surface area contributed by atoms with Gasteiger partial charge < -0.3 is 24.1 Å². The SMILES string of the molecule is COC(=O)C1=C(C(=O)OC)N(c2ccc3nc(C(C)C)[nH]c3c2)COC1. The number of carbonyl (C=O) groups is 2. The van der Waals surface area contributed by atoms with Crippen LogP contribution >= 0.6 is 0 Å². The number of H-pyrrole nitrogens is 1. The van der Waals surface area contributed by atoms with E-state index in [0.717, 1.165) is 16.9 Å². The van der Waals surface area contributed by atoms with Crippen molar-refractivity contribution < 1.29 is 23.8 Å². The van der Waals surface area contributed by atoms with E-state index in [2.05, 4.69) is 23.8 Å². The maximum Gasteiger partial charge on any atom is 0.355 e. The molecule has 1 aromatic heterocycles. The molecule has 0 fully saturated rings.